The molecule has 10 heteroatoms. The highest BCUT2D eigenvalue weighted by molar-refractivity contribution is 5.74. The second kappa shape index (κ2) is 13.9. The van der Waals surface area contributed by atoms with Crippen LogP contribution in [0.2, 0.25) is 0 Å². The number of alkyl halides is 5. The summed E-state index contributed by atoms with van der Waals surface area (Å²) in [5, 5.41) is 0. The van der Waals surface area contributed by atoms with Crippen molar-refractivity contribution in [2.45, 2.75) is 45.1 Å². The van der Waals surface area contributed by atoms with Crippen LogP contribution in [0.25, 0.3) is 33.4 Å². The molecule has 47 heavy (non-hydrogen) atoms. The van der Waals surface area contributed by atoms with E-state index in [1.165, 1.54) is 35.9 Å². The Morgan fingerprint density at radius 3 is 1.70 bits per heavy atom. The molecule has 0 aliphatic carbocycles. The van der Waals surface area contributed by atoms with E-state index in [1.54, 1.807) is 12.1 Å². The first kappa shape index (κ1) is 33.5. The molecule has 0 aromatic heterocycles. The van der Waals surface area contributed by atoms with Crippen molar-refractivity contribution in [3.8, 4) is 44.9 Å². The van der Waals surface area contributed by atoms with Crippen molar-refractivity contribution >= 4 is 0 Å². The molecule has 0 unspecified atom stereocenters. The lowest BCUT2D eigenvalue weighted by Gasteiger charge is -2.19. The first-order valence-corrected chi connectivity index (χ1v) is 14.7. The summed E-state index contributed by atoms with van der Waals surface area (Å²) in [6.07, 6.45) is -4.78. The van der Waals surface area contributed by atoms with E-state index in [0.717, 1.165) is 49.4 Å². The van der Waals surface area contributed by atoms with Gasteiger partial charge < -0.3 is 9.47 Å². The van der Waals surface area contributed by atoms with Gasteiger partial charge in [0.1, 0.15) is 17.4 Å². The Morgan fingerprint density at radius 2 is 1.11 bits per heavy atom. The fourth-order valence-electron chi connectivity index (χ4n) is 5.09. The summed E-state index contributed by atoms with van der Waals surface area (Å²) < 4.78 is 119. The van der Waals surface area contributed by atoms with E-state index in [2.05, 4.69) is 16.4 Å². The van der Waals surface area contributed by atoms with Gasteiger partial charge in [-0.1, -0.05) is 80.4 Å². The van der Waals surface area contributed by atoms with E-state index in [4.69, 9.17) is 0 Å². The average molecular weight is 657 g/mol. The van der Waals surface area contributed by atoms with Gasteiger partial charge >= 0.3 is 12.5 Å². The molecular formula is C37H28F8O2. The molecule has 244 valence electrons. The molecule has 5 rings (SSSR count). The number of aryl methyl sites for hydroxylation is 1. The highest BCUT2D eigenvalue weighted by Gasteiger charge is 2.36. The molecule has 0 saturated carbocycles. The highest BCUT2D eigenvalue weighted by atomic mass is 19.4. The minimum atomic E-state index is -5.17. The predicted molar refractivity (Wildman–Crippen MR) is 163 cm³/mol. The Bertz CT molecular complexity index is 1830. The Balaban J connectivity index is 1.28. The molecule has 0 spiro atoms. The zero-order valence-corrected chi connectivity index (χ0v) is 25.0. The topological polar surface area (TPSA) is 18.5 Å². The third-order valence-electron chi connectivity index (χ3n) is 7.51. The summed E-state index contributed by atoms with van der Waals surface area (Å²) >= 11 is 0. The number of unbranched alkanes of at least 4 members (excludes halogenated alkanes) is 2. The van der Waals surface area contributed by atoms with Gasteiger partial charge in [-0.2, -0.15) is 8.78 Å². The molecule has 0 aliphatic rings. The van der Waals surface area contributed by atoms with Crippen LogP contribution in [0, 0.1) is 17.5 Å². The van der Waals surface area contributed by atoms with Crippen LogP contribution in [0.4, 0.5) is 35.1 Å². The van der Waals surface area contributed by atoms with Crippen LogP contribution >= 0.6 is 0 Å². The first-order chi connectivity index (χ1) is 22.3. The zero-order chi connectivity index (χ0) is 33.8. The molecule has 5 aromatic rings. The van der Waals surface area contributed by atoms with E-state index < -0.39 is 47.0 Å². The number of ether oxygens (including phenoxy) is 2. The predicted octanol–water partition coefficient (Wildman–Crippen LogP) is 11.9. The maximum absolute atomic E-state index is 15.2. The van der Waals surface area contributed by atoms with Gasteiger partial charge in [-0.25, -0.2) is 13.2 Å². The third-order valence-corrected chi connectivity index (χ3v) is 7.51. The van der Waals surface area contributed by atoms with Crippen molar-refractivity contribution in [1.82, 2.24) is 0 Å². The molecule has 0 heterocycles. The molecule has 0 aliphatic heterocycles. The van der Waals surface area contributed by atoms with Crippen LogP contribution in [-0.2, 0) is 12.5 Å². The number of hydrogen-bond donors (Lipinski definition) is 0. The lowest BCUT2D eigenvalue weighted by atomic mass is 9.96. The van der Waals surface area contributed by atoms with Crippen molar-refractivity contribution in [3.63, 3.8) is 0 Å². The van der Waals surface area contributed by atoms with Crippen LogP contribution in [0.1, 0.15) is 37.3 Å². The lowest BCUT2D eigenvalue weighted by Crippen LogP contribution is -2.22. The van der Waals surface area contributed by atoms with E-state index in [0.29, 0.717) is 23.8 Å². The fourth-order valence-corrected chi connectivity index (χ4v) is 5.09. The average Bonchev–Trinajstić information content (AvgIpc) is 3.02. The van der Waals surface area contributed by atoms with Gasteiger partial charge in [-0.05, 0) is 77.1 Å². The van der Waals surface area contributed by atoms with Gasteiger partial charge in [-0.15, -0.1) is 13.2 Å². The van der Waals surface area contributed by atoms with E-state index in [-0.39, 0.29) is 22.3 Å². The SMILES string of the molecule is CCCCCc1ccc(-c2ccc(-c3ccc(-c4ccc(C(F)(F)Oc5ccc(OC(F)(F)F)c(F)c5)cc4)c(F)c3)c(F)c2)cc1. The van der Waals surface area contributed by atoms with E-state index in [1.807, 2.05) is 24.3 Å². The molecule has 0 radical (unpaired) electrons. The van der Waals surface area contributed by atoms with Gasteiger partial charge in [0, 0.05) is 17.2 Å². The van der Waals surface area contributed by atoms with Crippen LogP contribution in [0.3, 0.4) is 0 Å². The third kappa shape index (κ3) is 8.30. The Labute approximate surface area is 266 Å². The molecule has 2 nitrogen and oxygen atoms in total. The van der Waals surface area contributed by atoms with Gasteiger partial charge in [0.25, 0.3) is 0 Å². The van der Waals surface area contributed by atoms with Crippen LogP contribution in [-0.4, -0.2) is 6.36 Å². The molecule has 5 aromatic carbocycles. The smallest absolute Gasteiger partial charge is 0.429 e. The van der Waals surface area contributed by atoms with Crippen LogP contribution in [0.5, 0.6) is 11.5 Å². The molecule has 0 bridgehead atoms. The molecule has 0 atom stereocenters. The lowest BCUT2D eigenvalue weighted by molar-refractivity contribution is -0.275. The van der Waals surface area contributed by atoms with Gasteiger partial charge in [-0.3, -0.25) is 0 Å². The number of benzene rings is 5. The van der Waals surface area contributed by atoms with Crippen molar-refractivity contribution in [2.75, 3.05) is 0 Å². The Hall–Kier alpha value is -4.86. The van der Waals surface area contributed by atoms with Crippen LogP contribution < -0.4 is 9.47 Å². The normalized spacial score (nSPS) is 11.9. The molecule has 0 saturated heterocycles. The minimum Gasteiger partial charge on any atom is -0.429 e. The maximum atomic E-state index is 15.2. The highest BCUT2D eigenvalue weighted by Crippen LogP contribution is 2.37. The van der Waals surface area contributed by atoms with Crippen LogP contribution in [0.15, 0.2) is 103 Å². The first-order valence-electron chi connectivity index (χ1n) is 14.7. The summed E-state index contributed by atoms with van der Waals surface area (Å²) in [5.41, 5.74) is 2.87. The summed E-state index contributed by atoms with van der Waals surface area (Å²) in [7, 11) is 0. The standard InChI is InChI=1S/C37H28F8O2/c1-2-3-4-5-23-6-8-24(9-7-23)26-12-17-31(32(38)20-26)27-13-18-30(33(39)21-27)25-10-14-28(15-11-25)36(41,42)46-29-16-19-35(34(40)22-29)47-37(43,44)45/h6-22H,2-5H2,1H3. The molecular weight excluding hydrogens is 628 g/mol. The summed E-state index contributed by atoms with van der Waals surface area (Å²) in [6.45, 7) is 2.15. The maximum Gasteiger partial charge on any atom is 0.573 e. The Morgan fingerprint density at radius 1 is 0.532 bits per heavy atom. The number of rotatable bonds is 11. The van der Waals surface area contributed by atoms with Crippen molar-refractivity contribution in [1.29, 1.82) is 0 Å². The Kier molecular flexibility index (Phi) is 9.88. The van der Waals surface area contributed by atoms with Gasteiger partial charge in [0.05, 0.1) is 5.56 Å². The number of hydrogen-bond acceptors (Lipinski definition) is 2. The zero-order valence-electron chi connectivity index (χ0n) is 25.0. The second-order valence-electron chi connectivity index (χ2n) is 10.9. The summed E-state index contributed by atoms with van der Waals surface area (Å²) in [6, 6.07) is 22.7. The van der Waals surface area contributed by atoms with Gasteiger partial charge in [0.15, 0.2) is 11.6 Å². The summed E-state index contributed by atoms with van der Waals surface area (Å²) in [4.78, 5) is 0. The van der Waals surface area contributed by atoms with Crippen molar-refractivity contribution in [2.24, 2.45) is 0 Å². The quantitative estimate of drug-likeness (QED) is 0.104. The molecule has 0 N–H and O–H groups in total. The minimum absolute atomic E-state index is 0.0721. The largest absolute Gasteiger partial charge is 0.573 e. The summed E-state index contributed by atoms with van der Waals surface area (Å²) in [5.74, 6) is -4.75. The fraction of sp³-hybridized carbons (Fsp3) is 0.189. The van der Waals surface area contributed by atoms with E-state index >= 15 is 8.78 Å². The monoisotopic (exact) mass is 656 g/mol. The van der Waals surface area contributed by atoms with Crippen molar-refractivity contribution in [3.05, 3.63) is 132 Å². The molecule has 0 fully saturated rings. The van der Waals surface area contributed by atoms with Gasteiger partial charge in [0.2, 0.25) is 0 Å². The second-order valence-corrected chi connectivity index (χ2v) is 10.9. The van der Waals surface area contributed by atoms with E-state index in [9.17, 15) is 26.3 Å². The van der Waals surface area contributed by atoms with Crippen molar-refractivity contribution < 1.29 is 44.6 Å². The number of halogens is 8. The molecule has 0 amide bonds.